The summed E-state index contributed by atoms with van der Waals surface area (Å²) in [6.07, 6.45) is 3.78. The van der Waals surface area contributed by atoms with Gasteiger partial charge in [0.2, 0.25) is 5.91 Å². The second-order valence-corrected chi connectivity index (χ2v) is 8.50. The third kappa shape index (κ3) is 3.16. The number of hydrogen-bond donors (Lipinski definition) is 1. The molecule has 1 amide bonds. The van der Waals surface area contributed by atoms with E-state index < -0.39 is 0 Å². The van der Waals surface area contributed by atoms with Crippen molar-refractivity contribution in [3.05, 3.63) is 51.9 Å². The van der Waals surface area contributed by atoms with E-state index in [-0.39, 0.29) is 23.7 Å². The van der Waals surface area contributed by atoms with E-state index in [0.29, 0.717) is 16.5 Å². The lowest BCUT2D eigenvalue weighted by Crippen LogP contribution is -2.17. The maximum Gasteiger partial charge on any atom is 0.341 e. The fraction of sp³-hybridized carbons (Fsp3) is 0.429. The summed E-state index contributed by atoms with van der Waals surface area (Å²) in [6, 6.07) is 10.1. The zero-order valence-electron chi connectivity index (χ0n) is 15.1. The number of carbonyl (C=O) groups is 2. The Morgan fingerprint density at radius 2 is 2.00 bits per heavy atom. The number of carbonyl (C=O) groups excluding carboxylic acids is 2. The van der Waals surface area contributed by atoms with Gasteiger partial charge in [-0.25, -0.2) is 4.79 Å². The molecule has 3 atom stereocenters. The zero-order chi connectivity index (χ0) is 18.3. The van der Waals surface area contributed by atoms with Gasteiger partial charge >= 0.3 is 5.97 Å². The Labute approximate surface area is 157 Å². The van der Waals surface area contributed by atoms with Crippen molar-refractivity contribution < 1.29 is 14.3 Å². The lowest BCUT2D eigenvalue weighted by atomic mass is 9.88. The normalized spacial score (nSPS) is 23.8. The van der Waals surface area contributed by atoms with Crippen molar-refractivity contribution in [3.8, 4) is 0 Å². The number of fused-ring (bicyclic) bond motifs is 1. The Kier molecular flexibility index (Phi) is 4.57. The fourth-order valence-corrected chi connectivity index (χ4v) is 5.32. The first kappa shape index (κ1) is 17.3. The van der Waals surface area contributed by atoms with Crippen LogP contribution in [0, 0.1) is 11.8 Å². The molecule has 4 nitrogen and oxygen atoms in total. The number of amides is 1. The van der Waals surface area contributed by atoms with Crippen molar-refractivity contribution in [1.29, 1.82) is 0 Å². The van der Waals surface area contributed by atoms with Gasteiger partial charge in [0.05, 0.1) is 12.7 Å². The molecule has 5 heteroatoms. The summed E-state index contributed by atoms with van der Waals surface area (Å²) >= 11 is 1.55. The highest BCUT2D eigenvalue weighted by Gasteiger charge is 2.44. The Hall–Kier alpha value is -2.14. The third-order valence-corrected chi connectivity index (χ3v) is 6.66. The van der Waals surface area contributed by atoms with E-state index >= 15 is 0 Å². The van der Waals surface area contributed by atoms with Gasteiger partial charge in [0, 0.05) is 10.8 Å². The molecule has 26 heavy (non-hydrogen) atoms. The zero-order valence-corrected chi connectivity index (χ0v) is 15.9. The van der Waals surface area contributed by atoms with Crippen LogP contribution < -0.4 is 5.32 Å². The molecule has 4 rings (SSSR count). The monoisotopic (exact) mass is 369 g/mol. The number of rotatable bonds is 4. The van der Waals surface area contributed by atoms with Gasteiger partial charge in [-0.1, -0.05) is 37.3 Å². The molecule has 1 N–H and O–H groups in total. The van der Waals surface area contributed by atoms with Gasteiger partial charge in [0.1, 0.15) is 5.00 Å². The molecule has 0 bridgehead atoms. The van der Waals surface area contributed by atoms with Gasteiger partial charge in [-0.2, -0.15) is 0 Å². The Morgan fingerprint density at radius 3 is 2.73 bits per heavy atom. The van der Waals surface area contributed by atoms with Crippen LogP contribution in [0.15, 0.2) is 30.3 Å². The molecular weight excluding hydrogens is 346 g/mol. The maximum absolute atomic E-state index is 12.7. The number of anilines is 1. The van der Waals surface area contributed by atoms with E-state index in [9.17, 15) is 9.59 Å². The van der Waals surface area contributed by atoms with Crippen LogP contribution in [0.25, 0.3) is 0 Å². The van der Waals surface area contributed by atoms with Crippen LogP contribution >= 0.6 is 11.3 Å². The van der Waals surface area contributed by atoms with Crippen LogP contribution in [-0.4, -0.2) is 19.0 Å². The van der Waals surface area contributed by atoms with E-state index in [1.807, 2.05) is 18.2 Å². The molecule has 1 heterocycles. The number of ether oxygens (including phenoxy) is 1. The fourth-order valence-electron chi connectivity index (χ4n) is 3.91. The molecule has 1 aromatic heterocycles. The van der Waals surface area contributed by atoms with Crippen molar-refractivity contribution in [1.82, 2.24) is 0 Å². The second-order valence-electron chi connectivity index (χ2n) is 7.40. The van der Waals surface area contributed by atoms with Crippen LogP contribution in [0.1, 0.15) is 52.0 Å². The van der Waals surface area contributed by atoms with Crippen LogP contribution in [0.5, 0.6) is 0 Å². The molecule has 0 saturated heterocycles. The highest BCUT2D eigenvalue weighted by atomic mass is 32.1. The molecule has 0 radical (unpaired) electrons. The first-order valence-corrected chi connectivity index (χ1v) is 9.98. The molecule has 2 aromatic rings. The predicted octanol–water partition coefficient (Wildman–Crippen LogP) is 4.40. The molecule has 0 aliphatic heterocycles. The lowest BCUT2D eigenvalue weighted by molar-refractivity contribution is -0.117. The summed E-state index contributed by atoms with van der Waals surface area (Å²) in [4.78, 5) is 26.3. The van der Waals surface area contributed by atoms with Gasteiger partial charge in [0.25, 0.3) is 0 Å². The molecule has 136 valence electrons. The van der Waals surface area contributed by atoms with Gasteiger partial charge in [-0.15, -0.1) is 11.3 Å². The van der Waals surface area contributed by atoms with Gasteiger partial charge < -0.3 is 10.1 Å². The minimum atomic E-state index is -0.345. The molecule has 1 saturated carbocycles. The van der Waals surface area contributed by atoms with E-state index in [2.05, 4.69) is 24.4 Å². The van der Waals surface area contributed by atoms with E-state index in [1.165, 1.54) is 17.6 Å². The standard InChI is InChI=1S/C21H23NO3S/c1-12-8-9-14-17(10-12)26-20(18(14)21(24)25-2)22-19(23)16-11-15(16)13-6-4-3-5-7-13/h3-7,12,15-16H,8-11H2,1-2H3,(H,22,23)/t12-,15+,16+/m1/s1. The Balaban J connectivity index is 1.55. The number of thiophene rings is 1. The van der Waals surface area contributed by atoms with Crippen molar-refractivity contribution >= 4 is 28.2 Å². The maximum atomic E-state index is 12.7. The third-order valence-electron chi connectivity index (χ3n) is 5.49. The average molecular weight is 369 g/mol. The minimum Gasteiger partial charge on any atom is -0.465 e. The number of esters is 1. The minimum absolute atomic E-state index is 0.00986. The summed E-state index contributed by atoms with van der Waals surface area (Å²) in [6.45, 7) is 2.23. The van der Waals surface area contributed by atoms with E-state index in [4.69, 9.17) is 4.74 Å². The summed E-state index contributed by atoms with van der Waals surface area (Å²) in [5.74, 6) is 0.549. The summed E-state index contributed by atoms with van der Waals surface area (Å²) in [5.41, 5.74) is 2.86. The van der Waals surface area contributed by atoms with Gasteiger partial charge in [0.15, 0.2) is 0 Å². The molecule has 2 aliphatic carbocycles. The molecule has 1 aromatic carbocycles. The quantitative estimate of drug-likeness (QED) is 0.813. The van der Waals surface area contributed by atoms with Crippen LogP contribution in [0.2, 0.25) is 0 Å². The number of nitrogens with one attached hydrogen (secondary N) is 1. The van der Waals surface area contributed by atoms with Crippen LogP contribution in [-0.2, 0) is 22.4 Å². The lowest BCUT2D eigenvalue weighted by Gasteiger charge is -2.18. The number of benzene rings is 1. The van der Waals surface area contributed by atoms with Crippen molar-refractivity contribution in [2.45, 2.75) is 38.5 Å². The SMILES string of the molecule is COC(=O)c1c(NC(=O)[C@H]2C[C@H]2c2ccccc2)sc2c1CC[C@@H](C)C2. The van der Waals surface area contributed by atoms with Crippen molar-refractivity contribution in [2.75, 3.05) is 12.4 Å². The highest BCUT2D eigenvalue weighted by molar-refractivity contribution is 7.17. The molecule has 2 aliphatic rings. The Bertz CT molecular complexity index is 842. The topological polar surface area (TPSA) is 55.4 Å². The summed E-state index contributed by atoms with van der Waals surface area (Å²) in [5, 5.41) is 3.70. The molecule has 0 spiro atoms. The second kappa shape index (κ2) is 6.88. The first-order chi connectivity index (χ1) is 12.6. The van der Waals surface area contributed by atoms with Crippen molar-refractivity contribution in [2.24, 2.45) is 11.8 Å². The summed E-state index contributed by atoms with van der Waals surface area (Å²) in [7, 11) is 1.40. The van der Waals surface area contributed by atoms with Crippen molar-refractivity contribution in [3.63, 3.8) is 0 Å². The molecule has 1 fully saturated rings. The first-order valence-electron chi connectivity index (χ1n) is 9.17. The van der Waals surface area contributed by atoms with Crippen LogP contribution in [0.4, 0.5) is 5.00 Å². The van der Waals surface area contributed by atoms with E-state index in [0.717, 1.165) is 31.2 Å². The van der Waals surface area contributed by atoms with Gasteiger partial charge in [-0.05, 0) is 48.6 Å². The molecular formula is C21H23NO3S. The predicted molar refractivity (Wildman–Crippen MR) is 103 cm³/mol. The van der Waals surface area contributed by atoms with Gasteiger partial charge in [-0.3, -0.25) is 4.79 Å². The summed E-state index contributed by atoms with van der Waals surface area (Å²) < 4.78 is 4.99. The highest BCUT2D eigenvalue weighted by Crippen LogP contribution is 2.48. The number of hydrogen-bond acceptors (Lipinski definition) is 4. The molecule has 0 unspecified atom stereocenters. The van der Waals surface area contributed by atoms with Crippen LogP contribution in [0.3, 0.4) is 0 Å². The average Bonchev–Trinajstić information content (AvgIpc) is 3.38. The largest absolute Gasteiger partial charge is 0.465 e. The smallest absolute Gasteiger partial charge is 0.341 e. The number of methoxy groups -OCH3 is 1. The Morgan fingerprint density at radius 1 is 1.23 bits per heavy atom. The van der Waals surface area contributed by atoms with E-state index in [1.54, 1.807) is 11.3 Å².